The second-order valence-corrected chi connectivity index (χ2v) is 4.57. The second-order valence-electron chi connectivity index (χ2n) is 4.57. The van der Waals surface area contributed by atoms with E-state index in [-0.39, 0.29) is 0 Å². The maximum Gasteiger partial charge on any atom is 0.303 e. The molecule has 0 aliphatic heterocycles. The summed E-state index contributed by atoms with van der Waals surface area (Å²) in [5.74, 6) is 1.16. The van der Waals surface area contributed by atoms with Gasteiger partial charge in [0, 0.05) is 6.42 Å². The number of carbonyl (C=O) groups is 1. The summed E-state index contributed by atoms with van der Waals surface area (Å²) in [4.78, 5) is 10.4. The Hall–Kier alpha value is -0.530. The molecule has 0 bridgehead atoms. The first-order chi connectivity index (χ1) is 5.93. The Kier molecular flexibility index (Phi) is 5.76. The average molecular weight is 186 g/mol. The molecule has 0 fully saturated rings. The van der Waals surface area contributed by atoms with Crippen LogP contribution in [0.2, 0.25) is 0 Å². The molecule has 0 radical (unpaired) electrons. The molecule has 0 rings (SSSR count). The normalized spacial score (nSPS) is 13.7. The molecule has 0 saturated carbocycles. The van der Waals surface area contributed by atoms with Crippen molar-refractivity contribution in [3.05, 3.63) is 0 Å². The maximum atomic E-state index is 10.4. The number of hydrogen-bond acceptors (Lipinski definition) is 1. The molecule has 2 nitrogen and oxygen atoms in total. The van der Waals surface area contributed by atoms with Crippen LogP contribution in [0.4, 0.5) is 0 Å². The molecule has 0 heterocycles. The highest BCUT2D eigenvalue weighted by molar-refractivity contribution is 5.66. The summed E-state index contributed by atoms with van der Waals surface area (Å²) in [6, 6.07) is 0. The minimum absolute atomic E-state index is 0.315. The molecule has 1 N–H and O–H groups in total. The summed E-state index contributed by atoms with van der Waals surface area (Å²) in [6.07, 6.45) is 2.28. The van der Waals surface area contributed by atoms with Crippen molar-refractivity contribution in [2.75, 3.05) is 0 Å². The van der Waals surface area contributed by atoms with Gasteiger partial charge in [0.2, 0.25) is 0 Å². The molecule has 78 valence electrons. The zero-order valence-corrected chi connectivity index (χ0v) is 9.21. The summed E-state index contributed by atoms with van der Waals surface area (Å²) >= 11 is 0. The monoisotopic (exact) mass is 186 g/mol. The number of carboxylic acid groups (broad SMARTS) is 1. The SMILES string of the molecule is CC(C)CC(CCC(=O)O)C(C)C. The van der Waals surface area contributed by atoms with E-state index in [1.807, 2.05) is 0 Å². The Balaban J connectivity index is 3.87. The van der Waals surface area contributed by atoms with Gasteiger partial charge in [-0.2, -0.15) is 0 Å². The first-order valence-corrected chi connectivity index (χ1v) is 5.15. The van der Waals surface area contributed by atoms with Crippen molar-refractivity contribution in [1.82, 2.24) is 0 Å². The van der Waals surface area contributed by atoms with Gasteiger partial charge in [-0.1, -0.05) is 27.7 Å². The molecule has 0 aromatic carbocycles. The smallest absolute Gasteiger partial charge is 0.303 e. The van der Waals surface area contributed by atoms with Gasteiger partial charge < -0.3 is 5.11 Å². The third-order valence-electron chi connectivity index (χ3n) is 2.45. The van der Waals surface area contributed by atoms with Gasteiger partial charge in [0.15, 0.2) is 0 Å². The minimum Gasteiger partial charge on any atom is -0.481 e. The first-order valence-electron chi connectivity index (χ1n) is 5.15. The van der Waals surface area contributed by atoms with Crippen LogP contribution >= 0.6 is 0 Å². The number of hydrogen-bond donors (Lipinski definition) is 1. The fourth-order valence-electron chi connectivity index (χ4n) is 1.64. The Morgan fingerprint density at radius 3 is 2.08 bits per heavy atom. The van der Waals surface area contributed by atoms with E-state index in [0.29, 0.717) is 24.2 Å². The van der Waals surface area contributed by atoms with E-state index < -0.39 is 5.97 Å². The summed E-state index contributed by atoms with van der Waals surface area (Å²) in [5.41, 5.74) is 0. The second kappa shape index (κ2) is 6.01. The molecular weight excluding hydrogens is 164 g/mol. The van der Waals surface area contributed by atoms with Crippen molar-refractivity contribution in [2.45, 2.75) is 47.0 Å². The Labute approximate surface area is 81.3 Å². The number of carboxylic acids is 1. The van der Waals surface area contributed by atoms with E-state index >= 15 is 0 Å². The van der Waals surface area contributed by atoms with E-state index in [0.717, 1.165) is 12.8 Å². The van der Waals surface area contributed by atoms with Gasteiger partial charge in [0.05, 0.1) is 0 Å². The minimum atomic E-state index is -0.672. The van der Waals surface area contributed by atoms with Gasteiger partial charge >= 0.3 is 5.97 Å². The standard InChI is InChI=1S/C11H22O2/c1-8(2)7-10(9(3)4)5-6-11(12)13/h8-10H,5-7H2,1-4H3,(H,12,13). The molecule has 0 amide bonds. The third kappa shape index (κ3) is 6.62. The van der Waals surface area contributed by atoms with Crippen molar-refractivity contribution in [3.8, 4) is 0 Å². The molecule has 13 heavy (non-hydrogen) atoms. The summed E-state index contributed by atoms with van der Waals surface area (Å²) in [5, 5.41) is 8.58. The van der Waals surface area contributed by atoms with Crippen LogP contribution in [0.3, 0.4) is 0 Å². The lowest BCUT2D eigenvalue weighted by Crippen LogP contribution is -2.13. The Bertz CT molecular complexity index is 150. The quantitative estimate of drug-likeness (QED) is 0.691. The number of rotatable bonds is 6. The van der Waals surface area contributed by atoms with Crippen molar-refractivity contribution in [3.63, 3.8) is 0 Å². The fraction of sp³-hybridized carbons (Fsp3) is 0.909. The van der Waals surface area contributed by atoms with Crippen LogP contribution in [0.5, 0.6) is 0 Å². The van der Waals surface area contributed by atoms with E-state index in [4.69, 9.17) is 5.11 Å². The molecular formula is C11H22O2. The first kappa shape index (κ1) is 12.5. The number of aliphatic carboxylic acids is 1. The predicted octanol–water partition coefficient (Wildman–Crippen LogP) is 3.17. The van der Waals surface area contributed by atoms with Crippen molar-refractivity contribution >= 4 is 5.97 Å². The summed E-state index contributed by atoms with van der Waals surface area (Å²) < 4.78 is 0. The van der Waals surface area contributed by atoms with Gasteiger partial charge in [-0.3, -0.25) is 4.79 Å². The van der Waals surface area contributed by atoms with Gasteiger partial charge in [0.25, 0.3) is 0 Å². The van der Waals surface area contributed by atoms with Crippen LogP contribution in [0.1, 0.15) is 47.0 Å². The van der Waals surface area contributed by atoms with Crippen molar-refractivity contribution < 1.29 is 9.90 Å². The zero-order valence-electron chi connectivity index (χ0n) is 9.21. The van der Waals surface area contributed by atoms with Crippen LogP contribution in [0, 0.1) is 17.8 Å². The molecule has 1 unspecified atom stereocenters. The van der Waals surface area contributed by atoms with Gasteiger partial charge in [0.1, 0.15) is 0 Å². The van der Waals surface area contributed by atoms with Crippen LogP contribution in [-0.2, 0) is 4.79 Å². The lowest BCUT2D eigenvalue weighted by atomic mass is 9.84. The molecule has 2 heteroatoms. The van der Waals surface area contributed by atoms with E-state index in [9.17, 15) is 4.79 Å². The highest BCUT2D eigenvalue weighted by Gasteiger charge is 2.15. The summed E-state index contributed by atoms with van der Waals surface area (Å²) in [7, 11) is 0. The van der Waals surface area contributed by atoms with Crippen molar-refractivity contribution in [1.29, 1.82) is 0 Å². The zero-order chi connectivity index (χ0) is 10.4. The summed E-state index contributed by atoms with van der Waals surface area (Å²) in [6.45, 7) is 8.73. The van der Waals surface area contributed by atoms with E-state index in [1.54, 1.807) is 0 Å². The Morgan fingerprint density at radius 1 is 1.23 bits per heavy atom. The van der Waals surface area contributed by atoms with Crippen LogP contribution in [-0.4, -0.2) is 11.1 Å². The Morgan fingerprint density at radius 2 is 1.77 bits per heavy atom. The van der Waals surface area contributed by atoms with Crippen LogP contribution in [0.25, 0.3) is 0 Å². The predicted molar refractivity (Wildman–Crippen MR) is 54.7 cm³/mol. The van der Waals surface area contributed by atoms with Crippen LogP contribution < -0.4 is 0 Å². The molecule has 0 spiro atoms. The van der Waals surface area contributed by atoms with Gasteiger partial charge in [-0.25, -0.2) is 0 Å². The molecule has 1 atom stereocenters. The van der Waals surface area contributed by atoms with Crippen LogP contribution in [0.15, 0.2) is 0 Å². The third-order valence-corrected chi connectivity index (χ3v) is 2.45. The van der Waals surface area contributed by atoms with E-state index in [1.165, 1.54) is 0 Å². The van der Waals surface area contributed by atoms with Crippen molar-refractivity contribution in [2.24, 2.45) is 17.8 Å². The fourth-order valence-corrected chi connectivity index (χ4v) is 1.64. The van der Waals surface area contributed by atoms with Gasteiger partial charge in [-0.05, 0) is 30.6 Å². The average Bonchev–Trinajstić information content (AvgIpc) is 1.96. The van der Waals surface area contributed by atoms with Gasteiger partial charge in [-0.15, -0.1) is 0 Å². The largest absolute Gasteiger partial charge is 0.481 e. The molecule has 0 aromatic heterocycles. The highest BCUT2D eigenvalue weighted by Crippen LogP contribution is 2.24. The molecule has 0 aliphatic carbocycles. The molecule has 0 saturated heterocycles. The molecule has 0 aliphatic rings. The highest BCUT2D eigenvalue weighted by atomic mass is 16.4. The topological polar surface area (TPSA) is 37.3 Å². The van der Waals surface area contributed by atoms with E-state index in [2.05, 4.69) is 27.7 Å². The maximum absolute atomic E-state index is 10.4. The lowest BCUT2D eigenvalue weighted by molar-refractivity contribution is -0.137. The lowest BCUT2D eigenvalue weighted by Gasteiger charge is -2.21. The molecule has 0 aromatic rings.